The van der Waals surface area contributed by atoms with Crippen molar-refractivity contribution in [1.29, 1.82) is 0 Å². The summed E-state index contributed by atoms with van der Waals surface area (Å²) in [5, 5.41) is 12.2. The molecule has 2 heterocycles. The Bertz CT molecular complexity index is 746. The molecule has 0 fully saturated rings. The van der Waals surface area contributed by atoms with E-state index < -0.39 is 35.0 Å². The minimum atomic E-state index is -0.656. The quantitative estimate of drug-likeness (QED) is 0.483. The average molecular weight is 364 g/mol. The highest BCUT2D eigenvalue weighted by Gasteiger charge is 2.41. The monoisotopic (exact) mass is 364 g/mol. The molecular weight excluding hydrogens is 338 g/mol. The van der Waals surface area contributed by atoms with Crippen molar-refractivity contribution in [2.75, 3.05) is 6.54 Å². The van der Waals surface area contributed by atoms with E-state index in [0.717, 1.165) is 9.63 Å². The van der Waals surface area contributed by atoms with Gasteiger partial charge < -0.3 is 10.1 Å². The van der Waals surface area contributed by atoms with Gasteiger partial charge in [0.05, 0.1) is 18.2 Å². The highest BCUT2D eigenvalue weighted by molar-refractivity contribution is 6.21. The summed E-state index contributed by atoms with van der Waals surface area (Å²) < 4.78 is 6.01. The summed E-state index contributed by atoms with van der Waals surface area (Å²) >= 11 is 0. The molecule has 8 heteroatoms. The molecule has 2 rings (SSSR count). The summed E-state index contributed by atoms with van der Waals surface area (Å²) in [5.74, 6) is -0.959. The highest BCUT2D eigenvalue weighted by atomic mass is 16.6. The van der Waals surface area contributed by atoms with Crippen molar-refractivity contribution in [3.8, 4) is 0 Å². The maximum Gasteiger partial charge on any atom is 0.407 e. The number of fused-ring (bicyclic) bond motifs is 1. The van der Waals surface area contributed by atoms with E-state index in [9.17, 15) is 19.6 Å². The Labute approximate surface area is 152 Å². The number of carbonyl (C=O) groups excluding carboxylic acids is 3. The summed E-state index contributed by atoms with van der Waals surface area (Å²) in [4.78, 5) is 38.4. The fourth-order valence-electron chi connectivity index (χ4n) is 2.56. The number of nitrogens with one attached hydrogen (secondary N) is 1. The van der Waals surface area contributed by atoms with Crippen molar-refractivity contribution in [2.24, 2.45) is 5.41 Å². The van der Waals surface area contributed by atoms with Gasteiger partial charge in [-0.15, -0.1) is 0 Å². The minimum absolute atomic E-state index is 0.000514. The molecule has 0 unspecified atom stereocenters. The Balaban J connectivity index is 2.21. The Morgan fingerprint density at radius 3 is 2.31 bits per heavy atom. The molecule has 1 aromatic heterocycles. The molecule has 3 amide bonds. The molecule has 0 saturated heterocycles. The molecule has 0 saturated carbocycles. The largest absolute Gasteiger partial charge is 0.444 e. The van der Waals surface area contributed by atoms with Crippen LogP contribution in [0, 0.1) is 5.41 Å². The number of aromatic nitrogens is 1. The average Bonchev–Trinajstić information content (AvgIpc) is 2.68. The van der Waals surface area contributed by atoms with Gasteiger partial charge >= 0.3 is 6.09 Å². The van der Waals surface area contributed by atoms with Crippen LogP contribution in [-0.4, -0.2) is 46.2 Å². The molecule has 0 aromatic carbocycles. The standard InChI is InChI=1S/C18H25N3O5/c1-17(2,3)13(19-16(24)26-18(4,5)6)10-21-14(22)11-7-8-20(25)9-12(11)15(21)23/h7-9,13H,10H2,1-6H3,(H-,19,22,24,25)/p+1/t13-/m1/s1. The lowest BCUT2D eigenvalue weighted by molar-refractivity contribution is -0.904. The van der Waals surface area contributed by atoms with Gasteiger partial charge in [0.2, 0.25) is 12.4 Å². The van der Waals surface area contributed by atoms with Crippen LogP contribution in [0.5, 0.6) is 0 Å². The summed E-state index contributed by atoms with van der Waals surface area (Å²) in [6.45, 7) is 11.0. The van der Waals surface area contributed by atoms with Crippen LogP contribution < -0.4 is 10.0 Å². The Hall–Kier alpha value is -2.64. The molecule has 0 radical (unpaired) electrons. The first-order chi connectivity index (χ1) is 11.8. The lowest BCUT2D eigenvalue weighted by atomic mass is 9.86. The molecule has 0 spiro atoms. The van der Waals surface area contributed by atoms with Crippen molar-refractivity contribution in [3.63, 3.8) is 0 Å². The number of ether oxygens (including phenoxy) is 1. The fraction of sp³-hybridized carbons (Fsp3) is 0.556. The van der Waals surface area contributed by atoms with E-state index >= 15 is 0 Å². The summed E-state index contributed by atoms with van der Waals surface area (Å²) in [6.07, 6.45) is 1.87. The molecular formula is C18H26N3O5+. The number of imide groups is 1. The zero-order valence-corrected chi connectivity index (χ0v) is 16.0. The van der Waals surface area contributed by atoms with Gasteiger partial charge in [-0.2, -0.15) is 0 Å². The van der Waals surface area contributed by atoms with Crippen LogP contribution in [0.1, 0.15) is 62.3 Å². The van der Waals surface area contributed by atoms with Crippen LogP contribution in [0.25, 0.3) is 0 Å². The third-order valence-electron chi connectivity index (χ3n) is 4.00. The topological polar surface area (TPSA) is 99.8 Å². The summed E-state index contributed by atoms with van der Waals surface area (Å²) in [5.41, 5.74) is -0.727. The van der Waals surface area contributed by atoms with Crippen molar-refractivity contribution in [3.05, 3.63) is 29.6 Å². The second-order valence-electron chi connectivity index (χ2n) is 8.44. The Kier molecular flexibility index (Phi) is 4.98. The predicted octanol–water partition coefficient (Wildman–Crippen LogP) is 1.75. The van der Waals surface area contributed by atoms with Gasteiger partial charge in [0.1, 0.15) is 11.2 Å². The number of hydrogen-bond acceptors (Lipinski definition) is 5. The SMILES string of the molecule is CC(C)(C)OC(=O)N[C@H](CN1C(=O)c2cc[n+](O)cc2C1=O)C(C)(C)C. The van der Waals surface area contributed by atoms with E-state index in [0.29, 0.717) is 0 Å². The van der Waals surface area contributed by atoms with E-state index in [4.69, 9.17) is 4.74 Å². The molecule has 8 nitrogen and oxygen atoms in total. The maximum absolute atomic E-state index is 12.6. The molecule has 1 aromatic rings. The van der Waals surface area contributed by atoms with Crippen LogP contribution in [0.2, 0.25) is 0 Å². The number of nitrogens with zero attached hydrogens (tertiary/aromatic N) is 2. The van der Waals surface area contributed by atoms with Gasteiger partial charge in [0.25, 0.3) is 11.8 Å². The number of alkyl carbamates (subject to hydrolysis) is 1. The summed E-state index contributed by atoms with van der Waals surface area (Å²) in [6, 6.07) is 0.879. The molecule has 26 heavy (non-hydrogen) atoms. The zero-order chi connectivity index (χ0) is 19.9. The maximum atomic E-state index is 12.6. The normalized spacial score (nSPS) is 15.7. The molecule has 1 aliphatic heterocycles. The molecule has 1 atom stereocenters. The number of pyridine rings is 1. The van der Waals surface area contributed by atoms with Crippen molar-refractivity contribution >= 4 is 17.9 Å². The lowest BCUT2D eigenvalue weighted by Crippen LogP contribution is -2.52. The van der Waals surface area contributed by atoms with Crippen LogP contribution in [-0.2, 0) is 4.74 Å². The minimum Gasteiger partial charge on any atom is -0.444 e. The van der Waals surface area contributed by atoms with Crippen molar-refractivity contribution < 1.29 is 29.1 Å². The first kappa shape index (κ1) is 19.7. The number of hydrogen-bond donors (Lipinski definition) is 2. The van der Waals surface area contributed by atoms with Gasteiger partial charge in [-0.25, -0.2) is 4.79 Å². The van der Waals surface area contributed by atoms with E-state index in [-0.39, 0.29) is 17.7 Å². The smallest absolute Gasteiger partial charge is 0.407 e. The summed E-state index contributed by atoms with van der Waals surface area (Å²) in [7, 11) is 0. The Morgan fingerprint density at radius 2 is 1.77 bits per heavy atom. The number of rotatable bonds is 3. The fourth-order valence-corrected chi connectivity index (χ4v) is 2.56. The van der Waals surface area contributed by atoms with E-state index in [1.807, 2.05) is 20.8 Å². The third-order valence-corrected chi connectivity index (χ3v) is 4.00. The van der Waals surface area contributed by atoms with Gasteiger partial charge in [-0.3, -0.25) is 19.7 Å². The lowest BCUT2D eigenvalue weighted by Gasteiger charge is -2.34. The van der Waals surface area contributed by atoms with Crippen LogP contribution in [0.4, 0.5) is 4.79 Å². The predicted molar refractivity (Wildman–Crippen MR) is 91.8 cm³/mol. The molecule has 0 bridgehead atoms. The van der Waals surface area contributed by atoms with Crippen LogP contribution >= 0.6 is 0 Å². The second kappa shape index (κ2) is 6.59. The van der Waals surface area contributed by atoms with Gasteiger partial charge in [-0.05, 0) is 26.2 Å². The third kappa shape index (κ3) is 4.30. The Morgan fingerprint density at radius 1 is 1.19 bits per heavy atom. The molecule has 0 aliphatic carbocycles. The van der Waals surface area contributed by atoms with Crippen molar-refractivity contribution in [2.45, 2.75) is 53.2 Å². The van der Waals surface area contributed by atoms with E-state index in [2.05, 4.69) is 5.32 Å². The van der Waals surface area contributed by atoms with E-state index in [1.54, 1.807) is 20.8 Å². The first-order valence-corrected chi connectivity index (χ1v) is 8.40. The van der Waals surface area contributed by atoms with Gasteiger partial charge in [-0.1, -0.05) is 20.8 Å². The van der Waals surface area contributed by atoms with Crippen LogP contribution in [0.15, 0.2) is 18.5 Å². The van der Waals surface area contributed by atoms with Crippen LogP contribution in [0.3, 0.4) is 0 Å². The second-order valence-corrected chi connectivity index (χ2v) is 8.44. The molecule has 2 N–H and O–H groups in total. The van der Waals surface area contributed by atoms with Gasteiger partial charge in [0, 0.05) is 10.8 Å². The molecule has 1 aliphatic rings. The number of amides is 3. The van der Waals surface area contributed by atoms with Gasteiger partial charge in [0.15, 0.2) is 0 Å². The van der Waals surface area contributed by atoms with E-state index in [1.165, 1.54) is 18.5 Å². The highest BCUT2D eigenvalue weighted by Crippen LogP contribution is 2.26. The van der Waals surface area contributed by atoms with Crippen molar-refractivity contribution in [1.82, 2.24) is 10.2 Å². The first-order valence-electron chi connectivity index (χ1n) is 8.40. The number of carbonyl (C=O) groups is 3. The zero-order valence-electron chi connectivity index (χ0n) is 16.0. The molecule has 142 valence electrons.